The quantitative estimate of drug-likeness (QED) is 0.446. The Morgan fingerprint density at radius 1 is 1.03 bits per heavy atom. The van der Waals surface area contributed by atoms with Crippen molar-refractivity contribution in [1.82, 2.24) is 24.1 Å². The van der Waals surface area contributed by atoms with Crippen molar-refractivity contribution < 1.29 is 26.3 Å². The first kappa shape index (κ1) is 20.1. The summed E-state index contributed by atoms with van der Waals surface area (Å²) in [4.78, 5) is 19.0. The molecule has 0 saturated heterocycles. The van der Waals surface area contributed by atoms with E-state index in [0.717, 1.165) is 22.7 Å². The third-order valence-electron chi connectivity index (χ3n) is 4.08. The minimum absolute atomic E-state index is 0.0548. The second-order valence-corrected chi connectivity index (χ2v) is 7.07. The lowest BCUT2D eigenvalue weighted by Crippen LogP contribution is -2.20. The standard InChI is InChI=1S/C17H9F6N5OS/c18-16(19,20)11-3-5-25-27(11)8-10-6-12(29)28-13(9-2-1-4-24-7-9)14(17(21,22)23)30-15(28)26-10/h1-7H,8H2. The summed E-state index contributed by atoms with van der Waals surface area (Å²) in [5, 5.41) is 3.56. The van der Waals surface area contributed by atoms with E-state index in [4.69, 9.17) is 0 Å². The predicted octanol–water partition coefficient (Wildman–Crippen LogP) is 4.10. The number of aromatic nitrogens is 5. The average molecular weight is 445 g/mol. The Morgan fingerprint density at radius 2 is 1.80 bits per heavy atom. The van der Waals surface area contributed by atoms with Gasteiger partial charge in [0, 0.05) is 30.2 Å². The molecule has 6 nitrogen and oxygen atoms in total. The Labute approximate surface area is 167 Å². The zero-order valence-electron chi connectivity index (χ0n) is 14.6. The van der Waals surface area contributed by atoms with Gasteiger partial charge in [0.1, 0.15) is 10.6 Å². The molecule has 4 aromatic heterocycles. The van der Waals surface area contributed by atoms with Crippen LogP contribution >= 0.6 is 11.3 Å². The number of hydrogen-bond donors (Lipinski definition) is 0. The molecule has 0 spiro atoms. The van der Waals surface area contributed by atoms with Gasteiger partial charge in [0.15, 0.2) is 4.96 Å². The molecule has 156 valence electrons. The summed E-state index contributed by atoms with van der Waals surface area (Å²) in [6, 6.07) is 4.42. The molecule has 0 bridgehead atoms. The molecule has 0 aliphatic heterocycles. The molecule has 0 fully saturated rings. The van der Waals surface area contributed by atoms with E-state index in [1.807, 2.05) is 0 Å². The van der Waals surface area contributed by atoms with Crippen LogP contribution in [0.25, 0.3) is 16.2 Å². The van der Waals surface area contributed by atoms with Gasteiger partial charge in [-0.05, 0) is 18.2 Å². The van der Waals surface area contributed by atoms with Crippen LogP contribution in [0, 0.1) is 0 Å². The van der Waals surface area contributed by atoms with Gasteiger partial charge < -0.3 is 0 Å². The summed E-state index contributed by atoms with van der Waals surface area (Å²) >= 11 is 0.224. The first-order chi connectivity index (χ1) is 14.1. The van der Waals surface area contributed by atoms with Crippen LogP contribution in [0.1, 0.15) is 16.3 Å². The third-order valence-corrected chi connectivity index (χ3v) is 5.17. The molecule has 0 unspecified atom stereocenters. The van der Waals surface area contributed by atoms with Crippen molar-refractivity contribution in [2.45, 2.75) is 18.9 Å². The Hall–Kier alpha value is -3.22. The van der Waals surface area contributed by atoms with Crippen LogP contribution in [0.3, 0.4) is 0 Å². The van der Waals surface area contributed by atoms with E-state index in [1.165, 1.54) is 24.5 Å². The molecule has 0 saturated carbocycles. The van der Waals surface area contributed by atoms with Crippen molar-refractivity contribution >= 4 is 16.3 Å². The number of rotatable bonds is 3. The Kier molecular flexibility index (Phi) is 4.64. The maximum atomic E-state index is 13.6. The maximum Gasteiger partial charge on any atom is 0.433 e. The van der Waals surface area contributed by atoms with E-state index in [9.17, 15) is 31.1 Å². The molecular formula is C17H9F6N5OS. The largest absolute Gasteiger partial charge is 0.433 e. The highest BCUT2D eigenvalue weighted by molar-refractivity contribution is 7.17. The first-order valence-corrected chi connectivity index (χ1v) is 8.99. The Balaban J connectivity index is 1.89. The van der Waals surface area contributed by atoms with E-state index in [-0.39, 0.29) is 27.6 Å². The fraction of sp³-hybridized carbons (Fsp3) is 0.176. The van der Waals surface area contributed by atoms with Gasteiger partial charge in [0.05, 0.1) is 17.9 Å². The molecule has 0 radical (unpaired) electrons. The number of hydrogen-bond acceptors (Lipinski definition) is 5. The van der Waals surface area contributed by atoms with E-state index in [0.29, 0.717) is 4.68 Å². The summed E-state index contributed by atoms with van der Waals surface area (Å²) in [6.45, 7) is -0.533. The summed E-state index contributed by atoms with van der Waals surface area (Å²) < 4.78 is 81.2. The minimum atomic E-state index is -4.78. The second kappa shape index (κ2) is 6.93. The van der Waals surface area contributed by atoms with Gasteiger partial charge in [-0.25, -0.2) is 4.98 Å². The first-order valence-electron chi connectivity index (χ1n) is 8.18. The molecule has 0 amide bonds. The van der Waals surface area contributed by atoms with Crippen molar-refractivity contribution in [2.24, 2.45) is 0 Å². The number of pyridine rings is 1. The molecule has 13 heteroatoms. The number of thiazole rings is 1. The van der Waals surface area contributed by atoms with Crippen molar-refractivity contribution in [1.29, 1.82) is 0 Å². The third kappa shape index (κ3) is 3.56. The maximum absolute atomic E-state index is 13.6. The van der Waals surface area contributed by atoms with Gasteiger partial charge in [-0.1, -0.05) is 11.3 Å². The number of fused-ring (bicyclic) bond motifs is 1. The molecule has 30 heavy (non-hydrogen) atoms. The Bertz CT molecular complexity index is 1270. The van der Waals surface area contributed by atoms with Crippen LogP contribution in [0.15, 0.2) is 47.7 Å². The fourth-order valence-electron chi connectivity index (χ4n) is 2.91. The lowest BCUT2D eigenvalue weighted by Gasteiger charge is -2.10. The molecule has 4 heterocycles. The molecule has 4 aromatic rings. The van der Waals surface area contributed by atoms with Crippen LogP contribution in [0.4, 0.5) is 26.3 Å². The highest BCUT2D eigenvalue weighted by Gasteiger charge is 2.39. The molecule has 0 N–H and O–H groups in total. The van der Waals surface area contributed by atoms with E-state index < -0.39 is 40.7 Å². The summed E-state index contributed by atoms with van der Waals surface area (Å²) in [5.74, 6) is 0. The monoisotopic (exact) mass is 445 g/mol. The van der Waals surface area contributed by atoms with E-state index in [2.05, 4.69) is 15.1 Å². The highest BCUT2D eigenvalue weighted by Crippen LogP contribution is 2.41. The normalized spacial score (nSPS) is 12.6. The van der Waals surface area contributed by atoms with Crippen LogP contribution in [-0.2, 0) is 18.9 Å². The predicted molar refractivity (Wildman–Crippen MR) is 93.9 cm³/mol. The number of halogens is 6. The van der Waals surface area contributed by atoms with Crippen molar-refractivity contribution in [3.05, 3.63) is 69.5 Å². The smallest absolute Gasteiger partial charge is 0.269 e. The summed E-state index contributed by atoms with van der Waals surface area (Å²) in [6.07, 6.45) is -5.98. The lowest BCUT2D eigenvalue weighted by atomic mass is 10.2. The summed E-state index contributed by atoms with van der Waals surface area (Å²) in [5.41, 5.74) is -2.44. The average Bonchev–Trinajstić information content (AvgIpc) is 3.26. The molecule has 0 aliphatic rings. The topological polar surface area (TPSA) is 65.1 Å². The van der Waals surface area contributed by atoms with E-state index in [1.54, 1.807) is 0 Å². The van der Waals surface area contributed by atoms with Gasteiger partial charge in [-0.15, -0.1) is 0 Å². The zero-order valence-corrected chi connectivity index (χ0v) is 15.4. The molecular weight excluding hydrogens is 436 g/mol. The van der Waals surface area contributed by atoms with Crippen molar-refractivity contribution in [3.8, 4) is 11.3 Å². The van der Waals surface area contributed by atoms with Gasteiger partial charge >= 0.3 is 12.4 Å². The van der Waals surface area contributed by atoms with Crippen LogP contribution < -0.4 is 5.56 Å². The zero-order chi connectivity index (χ0) is 21.7. The Morgan fingerprint density at radius 3 is 2.43 bits per heavy atom. The lowest BCUT2D eigenvalue weighted by molar-refractivity contribution is -0.144. The number of alkyl halides is 6. The second-order valence-electron chi connectivity index (χ2n) is 6.09. The highest BCUT2D eigenvalue weighted by atomic mass is 32.1. The fourth-order valence-corrected chi connectivity index (χ4v) is 3.95. The van der Waals surface area contributed by atoms with Crippen LogP contribution in [0.2, 0.25) is 0 Å². The molecule has 0 atom stereocenters. The SMILES string of the molecule is O=c1cc(Cn2nccc2C(F)(F)F)nc2sc(C(F)(F)F)c(-c3cccnc3)n12. The molecule has 4 rings (SSSR count). The molecule has 0 aliphatic carbocycles. The van der Waals surface area contributed by atoms with Crippen LogP contribution in [-0.4, -0.2) is 24.1 Å². The van der Waals surface area contributed by atoms with Gasteiger partial charge in [0.2, 0.25) is 0 Å². The van der Waals surface area contributed by atoms with Gasteiger partial charge in [-0.3, -0.25) is 18.9 Å². The summed E-state index contributed by atoms with van der Waals surface area (Å²) in [7, 11) is 0. The number of nitrogens with zero attached hydrogens (tertiary/aromatic N) is 5. The van der Waals surface area contributed by atoms with E-state index >= 15 is 0 Å². The van der Waals surface area contributed by atoms with Gasteiger partial charge in [-0.2, -0.15) is 31.4 Å². The van der Waals surface area contributed by atoms with Crippen molar-refractivity contribution in [3.63, 3.8) is 0 Å². The van der Waals surface area contributed by atoms with Crippen LogP contribution in [0.5, 0.6) is 0 Å². The van der Waals surface area contributed by atoms with Gasteiger partial charge in [0.25, 0.3) is 5.56 Å². The van der Waals surface area contributed by atoms with Crippen molar-refractivity contribution in [2.75, 3.05) is 0 Å². The molecule has 0 aromatic carbocycles. The minimum Gasteiger partial charge on any atom is -0.269 e.